The van der Waals surface area contributed by atoms with Gasteiger partial charge in [-0.3, -0.25) is 4.79 Å². The standard InChI is InChI=1S/C16H13N5O5/c1-26-15(25)10-4-2-9(3-5-10)7-17-13(22)11-6-12(14(23)24)21-16(20-11)18-8-19-21/h2-6,8H,7H2,1H3,(H,17,22)(H,23,24). The van der Waals surface area contributed by atoms with Crippen molar-refractivity contribution in [3.8, 4) is 0 Å². The van der Waals surface area contributed by atoms with Crippen LogP contribution in [0.3, 0.4) is 0 Å². The highest BCUT2D eigenvalue weighted by atomic mass is 16.5. The number of hydrogen-bond donors (Lipinski definition) is 2. The first-order valence-electron chi connectivity index (χ1n) is 7.39. The smallest absolute Gasteiger partial charge is 0.354 e. The molecule has 0 aliphatic carbocycles. The Kier molecular flexibility index (Phi) is 4.56. The van der Waals surface area contributed by atoms with Gasteiger partial charge in [-0.2, -0.15) is 14.6 Å². The van der Waals surface area contributed by atoms with Crippen molar-refractivity contribution in [1.82, 2.24) is 24.9 Å². The van der Waals surface area contributed by atoms with E-state index in [2.05, 4.69) is 25.1 Å². The number of carboxylic acids is 1. The third kappa shape index (κ3) is 3.34. The van der Waals surface area contributed by atoms with Crippen molar-refractivity contribution in [3.05, 3.63) is 59.2 Å². The van der Waals surface area contributed by atoms with Gasteiger partial charge < -0.3 is 15.2 Å². The van der Waals surface area contributed by atoms with Gasteiger partial charge in [-0.25, -0.2) is 14.6 Å². The number of carbonyl (C=O) groups excluding carboxylic acids is 2. The maximum Gasteiger partial charge on any atom is 0.354 e. The van der Waals surface area contributed by atoms with Crippen LogP contribution in [0.15, 0.2) is 36.7 Å². The number of nitrogens with one attached hydrogen (secondary N) is 1. The second kappa shape index (κ2) is 6.97. The summed E-state index contributed by atoms with van der Waals surface area (Å²) in [6.07, 6.45) is 1.15. The van der Waals surface area contributed by atoms with Gasteiger partial charge in [0.25, 0.3) is 11.7 Å². The van der Waals surface area contributed by atoms with Crippen molar-refractivity contribution >= 4 is 23.6 Å². The molecule has 0 radical (unpaired) electrons. The van der Waals surface area contributed by atoms with E-state index in [1.807, 2.05) is 0 Å². The maximum atomic E-state index is 12.3. The first kappa shape index (κ1) is 17.0. The molecule has 132 valence electrons. The van der Waals surface area contributed by atoms with E-state index in [-0.39, 0.29) is 23.7 Å². The SMILES string of the molecule is COC(=O)c1ccc(CNC(=O)c2cc(C(=O)O)n3ncnc3n2)cc1. The Bertz CT molecular complexity index is 996. The number of nitrogens with zero attached hydrogens (tertiary/aromatic N) is 4. The zero-order valence-electron chi connectivity index (χ0n) is 13.5. The van der Waals surface area contributed by atoms with E-state index in [4.69, 9.17) is 0 Å². The average molecular weight is 355 g/mol. The van der Waals surface area contributed by atoms with Gasteiger partial charge in [-0.1, -0.05) is 12.1 Å². The first-order valence-corrected chi connectivity index (χ1v) is 7.39. The Labute approximate surface area is 146 Å². The van der Waals surface area contributed by atoms with Crippen LogP contribution >= 0.6 is 0 Å². The third-order valence-corrected chi connectivity index (χ3v) is 3.53. The van der Waals surface area contributed by atoms with Crippen LogP contribution in [0, 0.1) is 0 Å². The minimum absolute atomic E-state index is 0.0116. The molecule has 0 saturated heterocycles. The van der Waals surface area contributed by atoms with Crippen LogP contribution in [0.2, 0.25) is 0 Å². The predicted octanol–water partition coefficient (Wildman–Crippen LogP) is 0.539. The molecule has 0 fully saturated rings. The van der Waals surface area contributed by atoms with Crippen LogP contribution in [0.25, 0.3) is 5.78 Å². The predicted molar refractivity (Wildman–Crippen MR) is 86.7 cm³/mol. The lowest BCUT2D eigenvalue weighted by Crippen LogP contribution is -2.25. The fourth-order valence-electron chi connectivity index (χ4n) is 2.23. The molecule has 3 rings (SSSR count). The quantitative estimate of drug-likeness (QED) is 0.633. The Hall–Kier alpha value is -3.82. The number of aromatic nitrogens is 4. The van der Waals surface area contributed by atoms with Crippen molar-refractivity contribution < 1.29 is 24.2 Å². The van der Waals surface area contributed by atoms with Crippen molar-refractivity contribution in [3.63, 3.8) is 0 Å². The highest BCUT2D eigenvalue weighted by Crippen LogP contribution is 2.08. The number of ether oxygens (including phenoxy) is 1. The molecule has 2 N–H and O–H groups in total. The Morgan fingerprint density at radius 3 is 2.62 bits per heavy atom. The number of rotatable bonds is 5. The van der Waals surface area contributed by atoms with E-state index in [1.165, 1.54) is 7.11 Å². The van der Waals surface area contributed by atoms with Crippen LogP contribution in [0.1, 0.15) is 36.9 Å². The van der Waals surface area contributed by atoms with Gasteiger partial charge in [0, 0.05) is 12.6 Å². The Balaban J connectivity index is 1.75. The largest absolute Gasteiger partial charge is 0.477 e. The topological polar surface area (TPSA) is 136 Å². The maximum absolute atomic E-state index is 12.3. The zero-order chi connectivity index (χ0) is 18.7. The molecule has 2 heterocycles. The fourth-order valence-corrected chi connectivity index (χ4v) is 2.23. The summed E-state index contributed by atoms with van der Waals surface area (Å²) >= 11 is 0. The van der Waals surface area contributed by atoms with E-state index < -0.39 is 17.8 Å². The Morgan fingerprint density at radius 2 is 1.96 bits per heavy atom. The molecule has 2 aromatic heterocycles. The molecular formula is C16H13N5O5. The molecule has 0 aliphatic heterocycles. The molecule has 1 amide bonds. The lowest BCUT2D eigenvalue weighted by Gasteiger charge is -2.07. The van der Waals surface area contributed by atoms with Gasteiger partial charge in [0.05, 0.1) is 12.7 Å². The molecule has 26 heavy (non-hydrogen) atoms. The Morgan fingerprint density at radius 1 is 1.23 bits per heavy atom. The number of carbonyl (C=O) groups is 3. The normalized spacial score (nSPS) is 10.5. The summed E-state index contributed by atoms with van der Waals surface area (Å²) in [5, 5.41) is 15.6. The third-order valence-electron chi connectivity index (χ3n) is 3.53. The van der Waals surface area contributed by atoms with Gasteiger partial charge in [-0.05, 0) is 17.7 Å². The van der Waals surface area contributed by atoms with E-state index in [0.29, 0.717) is 5.56 Å². The minimum atomic E-state index is -1.25. The number of amides is 1. The minimum Gasteiger partial charge on any atom is -0.477 e. The van der Waals surface area contributed by atoms with Crippen LogP contribution in [-0.4, -0.2) is 49.6 Å². The molecule has 0 unspecified atom stereocenters. The first-order chi connectivity index (χ1) is 12.5. The van der Waals surface area contributed by atoms with E-state index in [0.717, 1.165) is 22.5 Å². The lowest BCUT2D eigenvalue weighted by atomic mass is 10.1. The van der Waals surface area contributed by atoms with Gasteiger partial charge in [0.2, 0.25) is 0 Å². The second-order valence-electron chi connectivity index (χ2n) is 5.17. The summed E-state index contributed by atoms with van der Waals surface area (Å²) < 4.78 is 5.65. The zero-order valence-corrected chi connectivity index (χ0v) is 13.5. The number of esters is 1. The lowest BCUT2D eigenvalue weighted by molar-refractivity contribution is 0.0599. The molecule has 3 aromatic rings. The summed E-state index contributed by atoms with van der Waals surface area (Å²) in [7, 11) is 1.29. The summed E-state index contributed by atoms with van der Waals surface area (Å²) in [4.78, 5) is 42.8. The summed E-state index contributed by atoms with van der Waals surface area (Å²) in [5.74, 6) is -2.25. The number of carboxylic acid groups (broad SMARTS) is 1. The van der Waals surface area contributed by atoms with Gasteiger partial charge in [0.15, 0.2) is 5.69 Å². The van der Waals surface area contributed by atoms with Crippen LogP contribution in [-0.2, 0) is 11.3 Å². The highest BCUT2D eigenvalue weighted by molar-refractivity contribution is 5.95. The van der Waals surface area contributed by atoms with Crippen molar-refractivity contribution in [2.24, 2.45) is 0 Å². The van der Waals surface area contributed by atoms with Gasteiger partial charge >= 0.3 is 11.9 Å². The molecule has 10 nitrogen and oxygen atoms in total. The van der Waals surface area contributed by atoms with Gasteiger partial charge in [0.1, 0.15) is 12.0 Å². The summed E-state index contributed by atoms with van der Waals surface area (Å²) in [6, 6.07) is 7.63. The van der Waals surface area contributed by atoms with Crippen LogP contribution in [0.5, 0.6) is 0 Å². The molecule has 0 spiro atoms. The van der Waals surface area contributed by atoms with Gasteiger partial charge in [-0.15, -0.1) is 0 Å². The highest BCUT2D eigenvalue weighted by Gasteiger charge is 2.17. The molecule has 1 aromatic carbocycles. The summed E-state index contributed by atoms with van der Waals surface area (Å²) in [6.45, 7) is 0.169. The van der Waals surface area contributed by atoms with Crippen molar-refractivity contribution in [1.29, 1.82) is 0 Å². The molecular weight excluding hydrogens is 342 g/mol. The number of hydrogen-bond acceptors (Lipinski definition) is 7. The number of benzene rings is 1. The molecule has 0 saturated carbocycles. The van der Waals surface area contributed by atoms with Crippen LogP contribution in [0.4, 0.5) is 0 Å². The van der Waals surface area contributed by atoms with E-state index in [1.54, 1.807) is 24.3 Å². The summed E-state index contributed by atoms with van der Waals surface area (Å²) in [5.41, 5.74) is 0.829. The van der Waals surface area contributed by atoms with E-state index >= 15 is 0 Å². The monoisotopic (exact) mass is 355 g/mol. The molecule has 0 atom stereocenters. The van der Waals surface area contributed by atoms with E-state index in [9.17, 15) is 19.5 Å². The molecule has 0 bridgehead atoms. The number of fused-ring (bicyclic) bond motifs is 1. The molecule has 10 heteroatoms. The molecule has 0 aliphatic rings. The number of aromatic carboxylic acids is 1. The van der Waals surface area contributed by atoms with Crippen molar-refractivity contribution in [2.45, 2.75) is 6.54 Å². The fraction of sp³-hybridized carbons (Fsp3) is 0.125. The average Bonchev–Trinajstić information content (AvgIpc) is 3.13. The van der Waals surface area contributed by atoms with Crippen LogP contribution < -0.4 is 5.32 Å². The number of methoxy groups -OCH3 is 1. The second-order valence-corrected chi connectivity index (χ2v) is 5.17. The van der Waals surface area contributed by atoms with Crippen molar-refractivity contribution in [2.75, 3.05) is 7.11 Å².